The number of anilines is 2. The fourth-order valence-electron chi connectivity index (χ4n) is 4.53. The molecule has 0 aliphatic carbocycles. The van der Waals surface area contributed by atoms with Crippen molar-refractivity contribution in [3.8, 4) is 0 Å². The van der Waals surface area contributed by atoms with E-state index in [-0.39, 0.29) is 0 Å². The number of hydrogen-bond acceptors (Lipinski definition) is 5. The second-order valence-electron chi connectivity index (χ2n) is 8.34. The highest BCUT2D eigenvalue weighted by Crippen LogP contribution is 2.28. The summed E-state index contributed by atoms with van der Waals surface area (Å²) in [6, 6.07) is 23.0. The van der Waals surface area contributed by atoms with Gasteiger partial charge in [-0.15, -0.1) is 0 Å². The molecule has 32 heavy (non-hydrogen) atoms. The summed E-state index contributed by atoms with van der Waals surface area (Å²) < 4.78 is 0. The molecule has 0 amide bonds. The summed E-state index contributed by atoms with van der Waals surface area (Å²) in [7, 11) is 0. The lowest BCUT2D eigenvalue weighted by Gasteiger charge is -2.29. The zero-order valence-corrected chi connectivity index (χ0v) is 17.7. The first-order valence-corrected chi connectivity index (χ1v) is 11.0. The number of rotatable bonds is 4. The van der Waals surface area contributed by atoms with Gasteiger partial charge in [0.25, 0.3) is 0 Å². The Morgan fingerprint density at radius 3 is 2.41 bits per heavy atom. The minimum absolute atomic E-state index is 0.900. The van der Waals surface area contributed by atoms with Crippen LogP contribution in [0.15, 0.2) is 85.3 Å². The molecule has 0 saturated carbocycles. The van der Waals surface area contributed by atoms with Crippen molar-refractivity contribution >= 4 is 33.3 Å². The average Bonchev–Trinajstić information content (AvgIpc) is 2.84. The van der Waals surface area contributed by atoms with Gasteiger partial charge in [-0.3, -0.25) is 14.9 Å². The summed E-state index contributed by atoms with van der Waals surface area (Å²) >= 11 is 0. The van der Waals surface area contributed by atoms with Crippen LogP contribution in [0.2, 0.25) is 0 Å². The Bertz CT molecular complexity index is 1430. The molecule has 1 aliphatic heterocycles. The second kappa shape index (κ2) is 8.02. The van der Waals surface area contributed by atoms with Crippen molar-refractivity contribution in [2.75, 3.05) is 11.9 Å². The normalized spacial score (nSPS) is 13.9. The van der Waals surface area contributed by atoms with Gasteiger partial charge in [0, 0.05) is 48.4 Å². The molecule has 156 valence electrons. The zero-order chi connectivity index (χ0) is 21.3. The quantitative estimate of drug-likeness (QED) is 0.420. The van der Waals surface area contributed by atoms with Crippen molar-refractivity contribution in [3.05, 3.63) is 102 Å². The first kappa shape index (κ1) is 18.9. The maximum Gasteiger partial charge on any atom is 0.133 e. The molecule has 3 aromatic heterocycles. The number of para-hydroxylation sites is 2. The Morgan fingerprint density at radius 1 is 0.812 bits per heavy atom. The molecule has 2 aromatic carbocycles. The third-order valence-corrected chi connectivity index (χ3v) is 6.13. The molecule has 1 N–H and O–H groups in total. The van der Waals surface area contributed by atoms with E-state index in [2.05, 4.69) is 67.6 Å². The highest BCUT2D eigenvalue weighted by Gasteiger charge is 2.20. The molecule has 6 rings (SSSR count). The molecular weight excluding hydrogens is 394 g/mol. The SMILES string of the molecule is c1ccc2ncc(CN3CCc4c(ccnc4Nc4cnc5ccccc5c4)C3)cc2c1. The van der Waals surface area contributed by atoms with E-state index in [9.17, 15) is 0 Å². The van der Waals surface area contributed by atoms with E-state index in [4.69, 9.17) is 0 Å². The maximum atomic E-state index is 4.64. The van der Waals surface area contributed by atoms with Crippen LogP contribution in [0.4, 0.5) is 11.5 Å². The number of benzene rings is 2. The van der Waals surface area contributed by atoms with Crippen molar-refractivity contribution in [2.45, 2.75) is 19.5 Å². The largest absolute Gasteiger partial charge is 0.339 e. The standard InChI is InChI=1S/C27H23N5/c1-3-7-25-20(5-1)13-19(15-29-25)17-32-12-10-24-22(18-32)9-11-28-27(24)31-23-14-21-6-2-4-8-26(21)30-16-23/h1-9,11,13-16H,10,12,17-18H2,(H,28,31). The highest BCUT2D eigenvalue weighted by molar-refractivity contribution is 5.82. The average molecular weight is 418 g/mol. The van der Waals surface area contributed by atoms with Crippen molar-refractivity contribution in [1.82, 2.24) is 19.9 Å². The molecule has 0 spiro atoms. The lowest BCUT2D eigenvalue weighted by atomic mass is 10.00. The number of pyridine rings is 3. The predicted octanol–water partition coefficient (Wildman–Crippen LogP) is 5.48. The summed E-state index contributed by atoms with van der Waals surface area (Å²) in [5.74, 6) is 0.937. The lowest BCUT2D eigenvalue weighted by molar-refractivity contribution is 0.245. The van der Waals surface area contributed by atoms with E-state index in [1.165, 1.54) is 22.1 Å². The number of hydrogen-bond donors (Lipinski definition) is 1. The van der Waals surface area contributed by atoms with E-state index in [0.29, 0.717) is 0 Å². The third-order valence-electron chi connectivity index (χ3n) is 6.13. The zero-order valence-electron chi connectivity index (χ0n) is 17.7. The van der Waals surface area contributed by atoms with Crippen molar-refractivity contribution < 1.29 is 0 Å². The van der Waals surface area contributed by atoms with E-state index in [0.717, 1.165) is 54.0 Å². The minimum Gasteiger partial charge on any atom is -0.339 e. The van der Waals surface area contributed by atoms with E-state index >= 15 is 0 Å². The Morgan fingerprint density at radius 2 is 1.56 bits per heavy atom. The molecule has 0 fully saturated rings. The second-order valence-corrected chi connectivity index (χ2v) is 8.34. The molecule has 1 aliphatic rings. The molecule has 4 heterocycles. The van der Waals surface area contributed by atoms with E-state index < -0.39 is 0 Å². The van der Waals surface area contributed by atoms with Crippen molar-refractivity contribution in [1.29, 1.82) is 0 Å². The van der Waals surface area contributed by atoms with Gasteiger partial charge in [0.2, 0.25) is 0 Å². The van der Waals surface area contributed by atoms with Gasteiger partial charge in [-0.25, -0.2) is 4.98 Å². The van der Waals surface area contributed by atoms with Crippen LogP contribution in [-0.4, -0.2) is 26.4 Å². The van der Waals surface area contributed by atoms with E-state index in [1.807, 2.05) is 42.9 Å². The molecule has 0 unspecified atom stereocenters. The van der Waals surface area contributed by atoms with Gasteiger partial charge in [-0.05, 0) is 47.9 Å². The van der Waals surface area contributed by atoms with Crippen molar-refractivity contribution in [3.63, 3.8) is 0 Å². The van der Waals surface area contributed by atoms with Crippen LogP contribution < -0.4 is 5.32 Å². The predicted molar refractivity (Wildman–Crippen MR) is 129 cm³/mol. The van der Waals surface area contributed by atoms with Gasteiger partial charge < -0.3 is 5.32 Å². The van der Waals surface area contributed by atoms with Crippen LogP contribution in [0.3, 0.4) is 0 Å². The lowest BCUT2D eigenvalue weighted by Crippen LogP contribution is -2.30. The van der Waals surface area contributed by atoms with Crippen molar-refractivity contribution in [2.24, 2.45) is 0 Å². The molecule has 5 nitrogen and oxygen atoms in total. The number of nitrogens with one attached hydrogen (secondary N) is 1. The van der Waals surface area contributed by atoms with Gasteiger partial charge in [0.15, 0.2) is 0 Å². The van der Waals surface area contributed by atoms with Crippen LogP contribution in [0, 0.1) is 0 Å². The van der Waals surface area contributed by atoms with Gasteiger partial charge in [0.05, 0.1) is 22.9 Å². The smallest absolute Gasteiger partial charge is 0.133 e. The van der Waals surface area contributed by atoms with E-state index in [1.54, 1.807) is 0 Å². The van der Waals surface area contributed by atoms with Gasteiger partial charge in [-0.2, -0.15) is 0 Å². The van der Waals surface area contributed by atoms with Gasteiger partial charge in [0.1, 0.15) is 5.82 Å². The Balaban J connectivity index is 1.21. The molecular formula is C27H23N5. The summed E-state index contributed by atoms with van der Waals surface area (Å²) in [6.07, 6.45) is 6.75. The first-order valence-electron chi connectivity index (χ1n) is 11.0. The van der Waals surface area contributed by atoms with Crippen LogP contribution in [-0.2, 0) is 19.5 Å². The summed E-state index contributed by atoms with van der Waals surface area (Å²) in [4.78, 5) is 16.3. The molecule has 0 saturated heterocycles. The molecule has 5 heteroatoms. The monoisotopic (exact) mass is 417 g/mol. The topological polar surface area (TPSA) is 53.9 Å². The van der Waals surface area contributed by atoms with Crippen LogP contribution in [0.25, 0.3) is 21.8 Å². The maximum absolute atomic E-state index is 4.64. The molecule has 0 radical (unpaired) electrons. The molecule has 0 bridgehead atoms. The first-order chi connectivity index (χ1) is 15.8. The Labute approximate surface area is 186 Å². The Hall–Kier alpha value is -3.83. The number of nitrogens with zero attached hydrogens (tertiary/aromatic N) is 4. The van der Waals surface area contributed by atoms with Crippen LogP contribution in [0.5, 0.6) is 0 Å². The number of fused-ring (bicyclic) bond motifs is 3. The van der Waals surface area contributed by atoms with Crippen LogP contribution in [0.1, 0.15) is 16.7 Å². The third kappa shape index (κ3) is 3.67. The summed E-state index contributed by atoms with van der Waals surface area (Å²) in [5, 5.41) is 5.83. The fraction of sp³-hybridized carbons (Fsp3) is 0.148. The minimum atomic E-state index is 0.900. The molecule has 5 aromatic rings. The highest BCUT2D eigenvalue weighted by atomic mass is 15.1. The van der Waals surface area contributed by atoms with Gasteiger partial charge in [-0.1, -0.05) is 36.4 Å². The summed E-state index contributed by atoms with van der Waals surface area (Å²) in [5.41, 5.74) is 6.89. The number of aromatic nitrogens is 3. The Kier molecular flexibility index (Phi) is 4.74. The summed E-state index contributed by atoms with van der Waals surface area (Å²) in [6.45, 7) is 2.81. The van der Waals surface area contributed by atoms with Crippen LogP contribution >= 0.6 is 0 Å². The van der Waals surface area contributed by atoms with Gasteiger partial charge >= 0.3 is 0 Å². The molecule has 0 atom stereocenters. The fourth-order valence-corrected chi connectivity index (χ4v) is 4.53.